The fourth-order valence-electron chi connectivity index (χ4n) is 2.25. The fourth-order valence-corrected chi connectivity index (χ4v) is 2.45. The molecule has 0 N–H and O–H groups in total. The Bertz CT molecular complexity index is 627. The van der Waals surface area contributed by atoms with Crippen molar-refractivity contribution in [3.8, 4) is 0 Å². The molecule has 0 amide bonds. The zero-order valence-corrected chi connectivity index (χ0v) is 12.6. The van der Waals surface area contributed by atoms with Gasteiger partial charge in [-0.2, -0.15) is 0 Å². The van der Waals surface area contributed by atoms with Crippen LogP contribution in [-0.4, -0.2) is 19.3 Å². The second-order valence-electron chi connectivity index (χ2n) is 5.08. The maximum Gasteiger partial charge on any atom is 0.184 e. The summed E-state index contributed by atoms with van der Waals surface area (Å²) in [5.74, 6) is -0.267. The predicted octanol–water partition coefficient (Wildman–Crippen LogP) is 4.11. The molecule has 1 aliphatic rings. The summed E-state index contributed by atoms with van der Waals surface area (Å²) in [5, 5.41) is 0.641. The van der Waals surface area contributed by atoms with E-state index in [4.69, 9.17) is 25.8 Å². The minimum Gasteiger partial charge on any atom is -0.369 e. The first-order valence-corrected chi connectivity index (χ1v) is 7.44. The van der Waals surface area contributed by atoms with Crippen LogP contribution in [0.15, 0.2) is 48.5 Å². The Kier molecular flexibility index (Phi) is 5.05. The van der Waals surface area contributed by atoms with Crippen molar-refractivity contribution in [2.24, 2.45) is 0 Å². The molecule has 1 aliphatic heterocycles. The molecule has 2 aromatic carbocycles. The van der Waals surface area contributed by atoms with Gasteiger partial charge in [0, 0.05) is 16.1 Å². The Morgan fingerprint density at radius 2 is 1.86 bits per heavy atom. The number of rotatable bonds is 4. The van der Waals surface area contributed by atoms with Gasteiger partial charge in [-0.05, 0) is 18.2 Å². The van der Waals surface area contributed by atoms with Gasteiger partial charge >= 0.3 is 0 Å². The molecule has 2 aromatic rings. The summed E-state index contributed by atoms with van der Waals surface area (Å²) in [4.78, 5) is 0. The third-order valence-electron chi connectivity index (χ3n) is 3.42. The van der Waals surface area contributed by atoms with Gasteiger partial charge in [-0.3, -0.25) is 0 Å². The highest BCUT2D eigenvalue weighted by molar-refractivity contribution is 6.30. The van der Waals surface area contributed by atoms with Crippen molar-refractivity contribution in [1.82, 2.24) is 0 Å². The molecule has 0 aliphatic carbocycles. The molecule has 22 heavy (non-hydrogen) atoms. The Morgan fingerprint density at radius 3 is 2.59 bits per heavy atom. The summed E-state index contributed by atoms with van der Waals surface area (Å²) < 4.78 is 30.5. The summed E-state index contributed by atoms with van der Waals surface area (Å²) in [6, 6.07) is 13.9. The van der Waals surface area contributed by atoms with Gasteiger partial charge in [0.1, 0.15) is 11.9 Å². The summed E-state index contributed by atoms with van der Waals surface area (Å²) in [6.07, 6.45) is -0.651. The van der Waals surface area contributed by atoms with E-state index in [0.29, 0.717) is 23.8 Å². The fraction of sp³-hybridized carbons (Fsp3) is 0.294. The van der Waals surface area contributed by atoms with Gasteiger partial charge in [0.25, 0.3) is 0 Å². The second kappa shape index (κ2) is 7.20. The van der Waals surface area contributed by atoms with Crippen LogP contribution in [0.2, 0.25) is 5.02 Å². The third-order valence-corrected chi connectivity index (χ3v) is 3.66. The van der Waals surface area contributed by atoms with E-state index >= 15 is 0 Å². The molecule has 1 fully saturated rings. The molecular weight excluding hydrogens is 307 g/mol. The van der Waals surface area contributed by atoms with E-state index in [0.717, 1.165) is 5.56 Å². The minimum atomic E-state index is -0.438. The minimum absolute atomic E-state index is 0.200. The van der Waals surface area contributed by atoms with E-state index in [1.165, 1.54) is 6.07 Å². The van der Waals surface area contributed by atoms with Crippen LogP contribution in [0.25, 0.3) is 0 Å². The van der Waals surface area contributed by atoms with Crippen LogP contribution < -0.4 is 0 Å². The Labute approximate surface area is 133 Å². The Morgan fingerprint density at radius 1 is 1.09 bits per heavy atom. The smallest absolute Gasteiger partial charge is 0.184 e. The standard InChI is InChI=1S/C17H16ClFO3/c18-14-6-3-5-12(8-14)17-21-10-15(11-22-17)20-9-13-4-1-2-7-16(13)19/h1-8,15,17H,9-11H2/t15-,17+. The predicted molar refractivity (Wildman–Crippen MR) is 81.1 cm³/mol. The summed E-state index contributed by atoms with van der Waals surface area (Å²) in [6.45, 7) is 0.989. The first-order chi connectivity index (χ1) is 10.7. The quantitative estimate of drug-likeness (QED) is 0.848. The van der Waals surface area contributed by atoms with Crippen LogP contribution >= 0.6 is 11.6 Å². The molecule has 0 bridgehead atoms. The van der Waals surface area contributed by atoms with Crippen molar-refractivity contribution in [2.75, 3.05) is 13.2 Å². The summed E-state index contributed by atoms with van der Waals surface area (Å²) in [7, 11) is 0. The van der Waals surface area contributed by atoms with Crippen molar-refractivity contribution in [3.05, 3.63) is 70.5 Å². The second-order valence-corrected chi connectivity index (χ2v) is 5.51. The van der Waals surface area contributed by atoms with Crippen molar-refractivity contribution in [2.45, 2.75) is 19.0 Å². The molecular formula is C17H16ClFO3. The van der Waals surface area contributed by atoms with E-state index in [2.05, 4.69) is 0 Å². The van der Waals surface area contributed by atoms with Crippen LogP contribution in [0.4, 0.5) is 4.39 Å². The zero-order valence-electron chi connectivity index (χ0n) is 11.9. The molecule has 116 valence electrons. The van der Waals surface area contributed by atoms with E-state index < -0.39 is 6.29 Å². The van der Waals surface area contributed by atoms with Gasteiger partial charge in [-0.25, -0.2) is 4.39 Å². The monoisotopic (exact) mass is 322 g/mol. The SMILES string of the molecule is Fc1ccccc1CO[C@H]1CO[C@@H](c2cccc(Cl)c2)OC1. The normalized spacial score (nSPS) is 21.7. The van der Waals surface area contributed by atoms with Crippen molar-refractivity contribution in [3.63, 3.8) is 0 Å². The lowest BCUT2D eigenvalue weighted by atomic mass is 10.2. The van der Waals surface area contributed by atoms with Crippen LogP contribution in [0, 0.1) is 5.82 Å². The van der Waals surface area contributed by atoms with Crippen molar-refractivity contribution in [1.29, 1.82) is 0 Å². The van der Waals surface area contributed by atoms with Gasteiger partial charge in [0.05, 0.1) is 19.8 Å². The molecule has 1 heterocycles. The van der Waals surface area contributed by atoms with E-state index in [-0.39, 0.29) is 18.5 Å². The Hall–Kier alpha value is -1.46. The molecule has 0 spiro atoms. The largest absolute Gasteiger partial charge is 0.369 e. The highest BCUT2D eigenvalue weighted by atomic mass is 35.5. The lowest BCUT2D eigenvalue weighted by Gasteiger charge is -2.29. The Balaban J connectivity index is 1.51. The van der Waals surface area contributed by atoms with Crippen molar-refractivity contribution >= 4 is 11.6 Å². The van der Waals surface area contributed by atoms with Gasteiger partial charge in [-0.15, -0.1) is 0 Å². The summed E-state index contributed by atoms with van der Waals surface area (Å²) >= 11 is 5.95. The molecule has 3 nitrogen and oxygen atoms in total. The topological polar surface area (TPSA) is 27.7 Å². The van der Waals surface area contributed by atoms with E-state index in [1.807, 2.05) is 18.2 Å². The van der Waals surface area contributed by atoms with Gasteiger partial charge < -0.3 is 14.2 Å². The van der Waals surface area contributed by atoms with E-state index in [1.54, 1.807) is 24.3 Å². The third kappa shape index (κ3) is 3.84. The first-order valence-electron chi connectivity index (χ1n) is 7.06. The lowest BCUT2D eigenvalue weighted by Crippen LogP contribution is -2.33. The maximum absolute atomic E-state index is 13.5. The molecule has 3 rings (SSSR count). The van der Waals surface area contributed by atoms with Crippen LogP contribution in [0.3, 0.4) is 0 Å². The van der Waals surface area contributed by atoms with Crippen molar-refractivity contribution < 1.29 is 18.6 Å². The molecule has 1 saturated heterocycles. The van der Waals surface area contributed by atoms with Gasteiger partial charge in [-0.1, -0.05) is 41.9 Å². The van der Waals surface area contributed by atoms with Crippen LogP contribution in [0.5, 0.6) is 0 Å². The highest BCUT2D eigenvalue weighted by Gasteiger charge is 2.24. The molecule has 0 atom stereocenters. The molecule has 0 radical (unpaired) electrons. The van der Waals surface area contributed by atoms with E-state index in [9.17, 15) is 4.39 Å². The van der Waals surface area contributed by atoms with Crippen LogP contribution in [-0.2, 0) is 20.8 Å². The number of benzene rings is 2. The number of ether oxygens (including phenoxy) is 3. The summed E-state index contributed by atoms with van der Waals surface area (Å²) in [5.41, 5.74) is 1.40. The number of halogens is 2. The van der Waals surface area contributed by atoms with Crippen LogP contribution in [0.1, 0.15) is 17.4 Å². The average Bonchev–Trinajstić information content (AvgIpc) is 2.55. The molecule has 0 saturated carbocycles. The molecule has 5 heteroatoms. The van der Waals surface area contributed by atoms with Gasteiger partial charge in [0.15, 0.2) is 6.29 Å². The number of hydrogen-bond acceptors (Lipinski definition) is 3. The zero-order chi connectivity index (χ0) is 15.4. The number of hydrogen-bond donors (Lipinski definition) is 0. The van der Waals surface area contributed by atoms with Gasteiger partial charge in [0.2, 0.25) is 0 Å². The average molecular weight is 323 g/mol. The maximum atomic E-state index is 13.5. The first kappa shape index (κ1) is 15.4. The highest BCUT2D eigenvalue weighted by Crippen LogP contribution is 2.26. The molecule has 0 aromatic heterocycles. The lowest BCUT2D eigenvalue weighted by molar-refractivity contribution is -0.232. The molecule has 0 unspecified atom stereocenters.